The smallest absolute Gasteiger partial charge is 0.358 e. The van der Waals surface area contributed by atoms with Crippen LogP contribution in [0.5, 0.6) is 0 Å². The van der Waals surface area contributed by atoms with Gasteiger partial charge in [-0.25, -0.2) is 8.42 Å². The quantitative estimate of drug-likeness (QED) is 0.536. The lowest BCUT2D eigenvalue weighted by Gasteiger charge is -2.11. The van der Waals surface area contributed by atoms with Gasteiger partial charge in [0.25, 0.3) is 10.0 Å². The molecule has 0 radical (unpaired) electrons. The molecule has 0 unspecified atom stereocenters. The normalized spacial score (nSPS) is 14.6. The number of nitrogens with one attached hydrogen (secondary N) is 2. The second-order valence-electron chi connectivity index (χ2n) is 6.45. The van der Waals surface area contributed by atoms with E-state index in [1.54, 1.807) is 6.07 Å². The number of hydrogen-bond donors (Lipinski definition) is 2. The van der Waals surface area contributed by atoms with Crippen LogP contribution in [0.25, 0.3) is 0 Å². The number of aromatic nitrogens is 2. The van der Waals surface area contributed by atoms with E-state index in [0.717, 1.165) is 23.9 Å². The lowest BCUT2D eigenvalue weighted by molar-refractivity contribution is -0.389. The van der Waals surface area contributed by atoms with Crippen LogP contribution in [-0.2, 0) is 21.4 Å². The van der Waals surface area contributed by atoms with Crippen LogP contribution in [0.3, 0.4) is 0 Å². The van der Waals surface area contributed by atoms with E-state index in [1.807, 2.05) is 0 Å². The maximum Gasteiger partial charge on any atom is 0.389 e. The first kappa shape index (κ1) is 20.5. The van der Waals surface area contributed by atoms with Crippen LogP contribution in [0, 0.1) is 10.1 Å². The first-order valence-electron chi connectivity index (χ1n) is 8.97. The number of benzene rings is 1. The Morgan fingerprint density at radius 1 is 1.24 bits per heavy atom. The van der Waals surface area contributed by atoms with Gasteiger partial charge in [-0.3, -0.25) is 14.5 Å². The lowest BCUT2D eigenvalue weighted by Crippen LogP contribution is -2.30. The fraction of sp³-hybridized carbons (Fsp3) is 0.353. The minimum atomic E-state index is -3.82. The van der Waals surface area contributed by atoms with E-state index in [-0.39, 0.29) is 22.9 Å². The molecule has 2 aromatic rings. The fourth-order valence-corrected chi connectivity index (χ4v) is 3.93. The summed E-state index contributed by atoms with van der Waals surface area (Å²) in [6, 6.07) is 7.00. The number of amidine groups is 1. The van der Waals surface area contributed by atoms with Crippen LogP contribution < -0.4 is 10.0 Å². The van der Waals surface area contributed by atoms with Gasteiger partial charge in [0.2, 0.25) is 5.91 Å². The summed E-state index contributed by atoms with van der Waals surface area (Å²) in [4.78, 5) is 26.4. The maximum absolute atomic E-state index is 12.6. The minimum Gasteiger partial charge on any atom is -0.358 e. The van der Waals surface area contributed by atoms with Gasteiger partial charge in [-0.2, -0.15) is 4.68 Å². The van der Waals surface area contributed by atoms with E-state index in [9.17, 15) is 23.3 Å². The predicted molar refractivity (Wildman–Crippen MR) is 105 cm³/mol. The van der Waals surface area contributed by atoms with Crippen LogP contribution >= 0.6 is 0 Å². The predicted octanol–water partition coefficient (Wildman–Crippen LogP) is 1.68. The van der Waals surface area contributed by atoms with Crippen molar-refractivity contribution in [2.45, 2.75) is 37.1 Å². The summed E-state index contributed by atoms with van der Waals surface area (Å²) in [5.74, 6) is -0.422. The molecule has 2 N–H and O–H groups in total. The van der Waals surface area contributed by atoms with Gasteiger partial charge in [0.1, 0.15) is 12.4 Å². The van der Waals surface area contributed by atoms with Crippen molar-refractivity contribution in [1.82, 2.24) is 14.5 Å². The highest BCUT2D eigenvalue weighted by atomic mass is 32.2. The number of nitrogens with zero attached hydrogens (tertiary/aromatic N) is 4. The molecular weight excluding hydrogens is 400 g/mol. The maximum atomic E-state index is 12.6. The molecule has 1 aliphatic heterocycles. The molecule has 0 bridgehead atoms. The van der Waals surface area contributed by atoms with Crippen molar-refractivity contribution in [3.63, 3.8) is 0 Å². The van der Waals surface area contributed by atoms with E-state index >= 15 is 0 Å². The number of carbonyl (C=O) groups is 1. The zero-order valence-electron chi connectivity index (χ0n) is 15.4. The minimum absolute atomic E-state index is 0.00280. The molecule has 0 saturated carbocycles. The van der Waals surface area contributed by atoms with Gasteiger partial charge in [0, 0.05) is 18.7 Å². The van der Waals surface area contributed by atoms with Gasteiger partial charge in [-0.15, -0.1) is 0 Å². The third kappa shape index (κ3) is 5.60. The highest BCUT2D eigenvalue weighted by molar-refractivity contribution is 7.90. The van der Waals surface area contributed by atoms with E-state index in [1.165, 1.54) is 30.5 Å². The number of anilines is 1. The molecular formula is C17H20N6O5S. The standard InChI is InChI=1S/C17H20N6O5S/c24-17(12-22-10-8-16(20-22)23(25)26)19-13-5-4-6-14(11-13)29(27,28)21-15-7-2-1-3-9-18-15/h4-6,8,10-11H,1-3,7,9,12H2,(H,18,21)(H,19,24). The average molecular weight is 420 g/mol. The Labute approximate surface area is 167 Å². The number of nitro groups is 1. The summed E-state index contributed by atoms with van der Waals surface area (Å²) in [6.07, 6.45) is 4.71. The largest absolute Gasteiger partial charge is 0.389 e. The van der Waals surface area contributed by atoms with Crippen molar-refractivity contribution in [1.29, 1.82) is 0 Å². The van der Waals surface area contributed by atoms with Crippen molar-refractivity contribution in [2.75, 3.05) is 11.9 Å². The van der Waals surface area contributed by atoms with Crippen molar-refractivity contribution in [2.24, 2.45) is 4.99 Å². The van der Waals surface area contributed by atoms with Crippen molar-refractivity contribution in [3.8, 4) is 0 Å². The SMILES string of the molecule is O=C(Cn1ccc([N+](=O)[O-])n1)Nc1cccc(S(=O)(=O)NC2=NCCCCC2)c1. The van der Waals surface area contributed by atoms with Gasteiger partial charge < -0.3 is 15.4 Å². The van der Waals surface area contributed by atoms with Gasteiger partial charge in [0.15, 0.2) is 0 Å². The van der Waals surface area contributed by atoms with Crippen molar-refractivity contribution < 1.29 is 18.1 Å². The second-order valence-corrected chi connectivity index (χ2v) is 8.13. The number of sulfonamides is 1. The Morgan fingerprint density at radius 3 is 2.83 bits per heavy atom. The summed E-state index contributed by atoms with van der Waals surface area (Å²) in [6.45, 7) is 0.347. The summed E-state index contributed by atoms with van der Waals surface area (Å²) in [5, 5.41) is 16.9. The molecule has 2 heterocycles. The Bertz CT molecular complexity index is 1050. The molecule has 3 rings (SSSR count). The number of amides is 1. The highest BCUT2D eigenvalue weighted by Crippen LogP contribution is 2.17. The molecule has 0 saturated heterocycles. The molecule has 1 aromatic heterocycles. The van der Waals surface area contributed by atoms with Crippen LogP contribution in [0.4, 0.5) is 11.5 Å². The summed E-state index contributed by atoms with van der Waals surface area (Å²) < 4.78 is 28.9. The topological polar surface area (TPSA) is 149 Å². The Hall–Kier alpha value is -3.28. The Kier molecular flexibility index (Phi) is 6.22. The number of hydrogen-bond acceptors (Lipinski definition) is 7. The van der Waals surface area contributed by atoms with Crippen LogP contribution in [0.1, 0.15) is 25.7 Å². The molecule has 1 aliphatic rings. The summed E-state index contributed by atoms with van der Waals surface area (Å²) >= 11 is 0. The van der Waals surface area contributed by atoms with Gasteiger partial charge in [-0.05, 0) is 36.0 Å². The van der Waals surface area contributed by atoms with Gasteiger partial charge in [-0.1, -0.05) is 12.5 Å². The highest BCUT2D eigenvalue weighted by Gasteiger charge is 2.18. The number of aliphatic imine (C=N–C) groups is 1. The Balaban J connectivity index is 1.67. The first-order valence-corrected chi connectivity index (χ1v) is 10.5. The monoisotopic (exact) mass is 420 g/mol. The fourth-order valence-electron chi connectivity index (χ4n) is 2.80. The number of carbonyl (C=O) groups excluding carboxylic acids is 1. The van der Waals surface area contributed by atoms with Crippen molar-refractivity contribution >= 4 is 33.3 Å². The number of rotatable bonds is 6. The molecule has 1 aromatic carbocycles. The van der Waals surface area contributed by atoms with E-state index in [4.69, 9.17) is 0 Å². The van der Waals surface area contributed by atoms with E-state index in [2.05, 4.69) is 20.1 Å². The zero-order chi connectivity index (χ0) is 20.9. The first-order chi connectivity index (χ1) is 13.8. The molecule has 12 heteroatoms. The summed E-state index contributed by atoms with van der Waals surface area (Å²) in [5.41, 5.74) is 0.280. The van der Waals surface area contributed by atoms with Gasteiger partial charge >= 0.3 is 5.82 Å². The Morgan fingerprint density at radius 2 is 2.07 bits per heavy atom. The third-order valence-electron chi connectivity index (χ3n) is 4.17. The molecule has 1 amide bonds. The van der Waals surface area contributed by atoms with Crippen molar-refractivity contribution in [3.05, 3.63) is 46.6 Å². The molecule has 0 aliphatic carbocycles. The summed E-state index contributed by atoms with van der Waals surface area (Å²) in [7, 11) is -3.82. The second kappa shape index (κ2) is 8.82. The molecule has 0 atom stereocenters. The molecule has 0 spiro atoms. The van der Waals surface area contributed by atoms with Gasteiger partial charge in [0.05, 0.1) is 22.3 Å². The molecule has 11 nitrogen and oxygen atoms in total. The van der Waals surface area contributed by atoms with Crippen LogP contribution in [0.15, 0.2) is 46.4 Å². The van der Waals surface area contributed by atoms with E-state index < -0.39 is 20.9 Å². The average Bonchev–Trinajstić information content (AvgIpc) is 2.98. The third-order valence-corrected chi connectivity index (χ3v) is 5.55. The zero-order valence-corrected chi connectivity index (χ0v) is 16.3. The van der Waals surface area contributed by atoms with Crippen LogP contribution in [-0.4, -0.2) is 41.4 Å². The van der Waals surface area contributed by atoms with E-state index in [0.29, 0.717) is 18.8 Å². The lowest BCUT2D eigenvalue weighted by atomic mass is 10.2. The molecule has 154 valence electrons. The molecule has 0 fully saturated rings. The van der Waals surface area contributed by atoms with Crippen LogP contribution in [0.2, 0.25) is 0 Å². The molecule has 29 heavy (non-hydrogen) atoms.